The SMILES string of the molecule is COc1ccc2c(c1)CC(N=O)C2=O. The summed E-state index contributed by atoms with van der Waals surface area (Å²) in [5, 5.41) is 2.80. The number of nitroso groups, excluding NO2 is 1. The molecule has 1 aliphatic rings. The van der Waals surface area contributed by atoms with E-state index < -0.39 is 6.04 Å². The minimum atomic E-state index is -0.739. The van der Waals surface area contributed by atoms with Gasteiger partial charge in [-0.25, -0.2) is 0 Å². The fourth-order valence-corrected chi connectivity index (χ4v) is 1.67. The Morgan fingerprint density at radius 1 is 1.50 bits per heavy atom. The van der Waals surface area contributed by atoms with E-state index in [4.69, 9.17) is 4.74 Å². The summed E-state index contributed by atoms with van der Waals surface area (Å²) in [4.78, 5) is 21.8. The van der Waals surface area contributed by atoms with Crippen LogP contribution in [-0.2, 0) is 6.42 Å². The molecule has 1 unspecified atom stereocenters. The van der Waals surface area contributed by atoms with E-state index in [1.165, 1.54) is 0 Å². The third-order valence-corrected chi connectivity index (χ3v) is 2.42. The first-order chi connectivity index (χ1) is 6.76. The third kappa shape index (κ3) is 1.19. The fraction of sp³-hybridized carbons (Fsp3) is 0.300. The van der Waals surface area contributed by atoms with Crippen molar-refractivity contribution >= 4 is 5.78 Å². The van der Waals surface area contributed by atoms with Crippen LogP contribution in [0.4, 0.5) is 0 Å². The summed E-state index contributed by atoms with van der Waals surface area (Å²) in [5.41, 5.74) is 1.44. The van der Waals surface area contributed by atoms with Gasteiger partial charge in [0.25, 0.3) is 0 Å². The molecule has 2 rings (SSSR count). The number of methoxy groups -OCH3 is 1. The average molecular weight is 191 g/mol. The molecule has 1 aliphatic carbocycles. The van der Waals surface area contributed by atoms with Gasteiger partial charge < -0.3 is 4.74 Å². The van der Waals surface area contributed by atoms with Crippen LogP contribution in [0, 0.1) is 4.91 Å². The molecular formula is C10H9NO3. The van der Waals surface area contributed by atoms with E-state index in [-0.39, 0.29) is 5.78 Å². The van der Waals surface area contributed by atoms with Gasteiger partial charge >= 0.3 is 0 Å². The second-order valence-corrected chi connectivity index (χ2v) is 3.21. The summed E-state index contributed by atoms with van der Waals surface area (Å²) in [7, 11) is 1.56. The number of carbonyl (C=O) groups excluding carboxylic acids is 1. The van der Waals surface area contributed by atoms with Gasteiger partial charge in [-0.15, -0.1) is 0 Å². The lowest BCUT2D eigenvalue weighted by Gasteiger charge is -2.01. The molecule has 0 saturated carbocycles. The maximum Gasteiger partial charge on any atom is 0.191 e. The molecule has 1 aromatic carbocycles. The maximum atomic E-state index is 11.5. The number of ether oxygens (including phenoxy) is 1. The van der Waals surface area contributed by atoms with Crippen LogP contribution >= 0.6 is 0 Å². The highest BCUT2D eigenvalue weighted by molar-refractivity contribution is 6.04. The van der Waals surface area contributed by atoms with Crippen LogP contribution < -0.4 is 4.74 Å². The van der Waals surface area contributed by atoms with Crippen LogP contribution in [0.25, 0.3) is 0 Å². The monoisotopic (exact) mass is 191 g/mol. The molecule has 1 atom stereocenters. The van der Waals surface area contributed by atoms with Crippen molar-refractivity contribution in [2.24, 2.45) is 5.18 Å². The van der Waals surface area contributed by atoms with Gasteiger partial charge in [0.05, 0.1) is 7.11 Å². The Labute approximate surface area is 80.9 Å². The highest BCUT2D eigenvalue weighted by Gasteiger charge is 2.31. The number of benzene rings is 1. The fourth-order valence-electron chi connectivity index (χ4n) is 1.67. The summed E-state index contributed by atoms with van der Waals surface area (Å²) in [6, 6.07) is 4.43. The first kappa shape index (κ1) is 8.87. The average Bonchev–Trinajstić information content (AvgIpc) is 2.55. The topological polar surface area (TPSA) is 55.7 Å². The molecule has 0 N–H and O–H groups in total. The molecule has 14 heavy (non-hydrogen) atoms. The number of Topliss-reactive ketones (excluding diaryl/α,β-unsaturated/α-hetero) is 1. The molecule has 0 spiro atoms. The number of hydrogen-bond donors (Lipinski definition) is 0. The van der Waals surface area contributed by atoms with E-state index >= 15 is 0 Å². The molecule has 0 saturated heterocycles. The smallest absolute Gasteiger partial charge is 0.191 e. The van der Waals surface area contributed by atoms with Crippen LogP contribution in [-0.4, -0.2) is 18.9 Å². The summed E-state index contributed by atoms with van der Waals surface area (Å²) in [6.45, 7) is 0. The van der Waals surface area contributed by atoms with E-state index in [0.29, 0.717) is 17.7 Å². The van der Waals surface area contributed by atoms with Crippen LogP contribution in [0.3, 0.4) is 0 Å². The number of carbonyl (C=O) groups is 1. The zero-order chi connectivity index (χ0) is 10.1. The maximum absolute atomic E-state index is 11.5. The Kier molecular flexibility index (Phi) is 2.04. The molecule has 72 valence electrons. The summed E-state index contributed by atoms with van der Waals surface area (Å²) < 4.78 is 5.02. The third-order valence-electron chi connectivity index (χ3n) is 2.42. The van der Waals surface area contributed by atoms with Gasteiger partial charge in [0, 0.05) is 12.0 Å². The second-order valence-electron chi connectivity index (χ2n) is 3.21. The zero-order valence-electron chi connectivity index (χ0n) is 7.69. The molecule has 4 nitrogen and oxygen atoms in total. The lowest BCUT2D eigenvalue weighted by Crippen LogP contribution is -2.11. The van der Waals surface area contributed by atoms with Crippen LogP contribution in [0.15, 0.2) is 23.4 Å². The van der Waals surface area contributed by atoms with Gasteiger partial charge in [0.1, 0.15) is 5.75 Å². The van der Waals surface area contributed by atoms with Crippen molar-refractivity contribution in [1.29, 1.82) is 0 Å². The van der Waals surface area contributed by atoms with Gasteiger partial charge in [-0.2, -0.15) is 4.91 Å². The van der Waals surface area contributed by atoms with Crippen molar-refractivity contribution < 1.29 is 9.53 Å². The molecule has 0 amide bonds. The standard InChI is InChI=1S/C10H9NO3/c1-14-7-2-3-8-6(4-7)5-9(11-13)10(8)12/h2-4,9H,5H2,1H3. The summed E-state index contributed by atoms with van der Waals surface area (Å²) >= 11 is 0. The molecule has 0 fully saturated rings. The van der Waals surface area contributed by atoms with Gasteiger partial charge in [0.15, 0.2) is 11.8 Å². The van der Waals surface area contributed by atoms with Crippen molar-refractivity contribution in [3.63, 3.8) is 0 Å². The van der Waals surface area contributed by atoms with Crippen molar-refractivity contribution in [2.45, 2.75) is 12.5 Å². The largest absolute Gasteiger partial charge is 0.497 e. The van der Waals surface area contributed by atoms with Crippen molar-refractivity contribution in [1.82, 2.24) is 0 Å². The number of rotatable bonds is 2. The quantitative estimate of drug-likeness (QED) is 0.666. The summed E-state index contributed by atoms with van der Waals surface area (Å²) in [6.07, 6.45) is 0.398. The molecule has 0 aliphatic heterocycles. The molecule has 0 bridgehead atoms. The van der Waals surface area contributed by atoms with E-state index in [2.05, 4.69) is 5.18 Å². The van der Waals surface area contributed by atoms with Gasteiger partial charge in [-0.1, -0.05) is 5.18 Å². The van der Waals surface area contributed by atoms with E-state index in [9.17, 15) is 9.70 Å². The molecule has 0 heterocycles. The Morgan fingerprint density at radius 3 is 2.93 bits per heavy atom. The van der Waals surface area contributed by atoms with Crippen molar-refractivity contribution in [3.8, 4) is 5.75 Å². The lowest BCUT2D eigenvalue weighted by atomic mass is 10.1. The number of nitrogens with zero attached hydrogens (tertiary/aromatic N) is 1. The number of fused-ring (bicyclic) bond motifs is 1. The minimum absolute atomic E-state index is 0.183. The number of hydrogen-bond acceptors (Lipinski definition) is 4. The highest BCUT2D eigenvalue weighted by Crippen LogP contribution is 2.27. The number of ketones is 1. The normalized spacial score (nSPS) is 19.2. The molecule has 0 aromatic heterocycles. The first-order valence-corrected chi connectivity index (χ1v) is 4.30. The van der Waals surface area contributed by atoms with Gasteiger partial charge in [-0.3, -0.25) is 4.79 Å². The lowest BCUT2D eigenvalue weighted by molar-refractivity contribution is 0.0975. The first-order valence-electron chi connectivity index (χ1n) is 4.30. The molecule has 1 aromatic rings. The van der Waals surface area contributed by atoms with E-state index in [1.807, 2.05) is 0 Å². The predicted octanol–water partition coefficient (Wildman–Crippen LogP) is 1.57. The van der Waals surface area contributed by atoms with Gasteiger partial charge in [0.2, 0.25) is 0 Å². The Morgan fingerprint density at radius 2 is 2.29 bits per heavy atom. The predicted molar refractivity (Wildman–Crippen MR) is 50.6 cm³/mol. The highest BCUT2D eigenvalue weighted by atomic mass is 16.5. The second kappa shape index (κ2) is 3.21. The molecule has 4 heteroatoms. The summed E-state index contributed by atoms with van der Waals surface area (Å²) in [5.74, 6) is 0.515. The van der Waals surface area contributed by atoms with E-state index in [1.54, 1.807) is 25.3 Å². The zero-order valence-corrected chi connectivity index (χ0v) is 7.69. The van der Waals surface area contributed by atoms with Crippen molar-refractivity contribution in [3.05, 3.63) is 34.2 Å². The Bertz CT molecular complexity index is 400. The minimum Gasteiger partial charge on any atom is -0.497 e. The van der Waals surface area contributed by atoms with Crippen molar-refractivity contribution in [2.75, 3.05) is 7.11 Å². The Balaban J connectivity index is 2.43. The molecule has 0 radical (unpaired) electrons. The Hall–Kier alpha value is -1.71. The van der Waals surface area contributed by atoms with Crippen LogP contribution in [0.2, 0.25) is 0 Å². The van der Waals surface area contributed by atoms with E-state index in [0.717, 1.165) is 5.56 Å². The van der Waals surface area contributed by atoms with Crippen LogP contribution in [0.5, 0.6) is 5.75 Å². The van der Waals surface area contributed by atoms with Crippen LogP contribution in [0.1, 0.15) is 15.9 Å². The molecular weight excluding hydrogens is 182 g/mol. The van der Waals surface area contributed by atoms with Gasteiger partial charge in [-0.05, 0) is 23.8 Å².